The van der Waals surface area contributed by atoms with E-state index < -0.39 is 0 Å². The second-order valence-electron chi connectivity index (χ2n) is 4.29. The van der Waals surface area contributed by atoms with Crippen LogP contribution >= 0.6 is 0 Å². The third kappa shape index (κ3) is 2.52. The van der Waals surface area contributed by atoms with Crippen molar-refractivity contribution in [2.45, 2.75) is 46.0 Å². The molecule has 12 heavy (non-hydrogen) atoms. The molecule has 1 saturated carbocycles. The molecule has 0 saturated heterocycles. The minimum absolute atomic E-state index is 0.260. The van der Waals surface area contributed by atoms with Crippen LogP contribution in [0, 0.1) is 29.1 Å². The number of nitriles is 1. The van der Waals surface area contributed by atoms with Crippen molar-refractivity contribution in [1.82, 2.24) is 0 Å². The zero-order valence-electron chi connectivity index (χ0n) is 8.21. The van der Waals surface area contributed by atoms with Gasteiger partial charge in [-0.15, -0.1) is 0 Å². The van der Waals surface area contributed by atoms with Crippen molar-refractivity contribution in [3.63, 3.8) is 0 Å². The maximum atomic E-state index is 8.70. The van der Waals surface area contributed by atoms with Crippen LogP contribution in [-0.4, -0.2) is 0 Å². The van der Waals surface area contributed by atoms with E-state index in [1.165, 1.54) is 25.7 Å². The zero-order chi connectivity index (χ0) is 8.97. The first kappa shape index (κ1) is 9.58. The molecule has 0 aromatic carbocycles. The predicted molar refractivity (Wildman–Crippen MR) is 50.5 cm³/mol. The van der Waals surface area contributed by atoms with Gasteiger partial charge < -0.3 is 0 Å². The fourth-order valence-corrected chi connectivity index (χ4v) is 2.25. The fourth-order valence-electron chi connectivity index (χ4n) is 2.25. The Kier molecular flexibility index (Phi) is 3.59. The number of hydrogen-bond acceptors (Lipinski definition) is 1. The molecule has 0 aromatic heterocycles. The Labute approximate surface area is 75.8 Å². The van der Waals surface area contributed by atoms with Crippen molar-refractivity contribution in [3.8, 4) is 6.07 Å². The molecular weight excluding hydrogens is 146 g/mol. The van der Waals surface area contributed by atoms with Crippen LogP contribution in [0.15, 0.2) is 0 Å². The van der Waals surface area contributed by atoms with Gasteiger partial charge in [0.25, 0.3) is 0 Å². The molecule has 68 valence electrons. The molecule has 1 aliphatic rings. The predicted octanol–water partition coefficient (Wildman–Crippen LogP) is 3.36. The van der Waals surface area contributed by atoms with Crippen molar-refractivity contribution < 1.29 is 0 Å². The van der Waals surface area contributed by atoms with Crippen molar-refractivity contribution in [2.75, 3.05) is 0 Å². The Balaban J connectivity index is 2.35. The normalized spacial score (nSPS) is 32.4. The minimum atomic E-state index is 0.260. The molecule has 0 aliphatic heterocycles. The van der Waals surface area contributed by atoms with E-state index in [0.717, 1.165) is 18.3 Å². The van der Waals surface area contributed by atoms with Crippen molar-refractivity contribution in [1.29, 1.82) is 5.26 Å². The van der Waals surface area contributed by atoms with Crippen molar-refractivity contribution in [2.24, 2.45) is 17.8 Å². The fraction of sp³-hybridized carbons (Fsp3) is 0.909. The van der Waals surface area contributed by atoms with Gasteiger partial charge in [-0.05, 0) is 25.2 Å². The molecular formula is C11H19N. The number of rotatable bonds is 2. The van der Waals surface area contributed by atoms with Crippen LogP contribution in [0.5, 0.6) is 0 Å². The summed E-state index contributed by atoms with van der Waals surface area (Å²) >= 11 is 0. The Bertz CT molecular complexity index is 168. The van der Waals surface area contributed by atoms with Crippen LogP contribution in [0.25, 0.3) is 0 Å². The quantitative estimate of drug-likeness (QED) is 0.615. The highest BCUT2D eigenvalue weighted by Crippen LogP contribution is 2.33. The van der Waals surface area contributed by atoms with Crippen LogP contribution in [0.1, 0.15) is 46.0 Å². The van der Waals surface area contributed by atoms with Crippen LogP contribution in [0.4, 0.5) is 0 Å². The Morgan fingerprint density at radius 1 is 1.42 bits per heavy atom. The van der Waals surface area contributed by atoms with Gasteiger partial charge in [-0.1, -0.05) is 32.6 Å². The van der Waals surface area contributed by atoms with Gasteiger partial charge in [-0.3, -0.25) is 0 Å². The lowest BCUT2D eigenvalue weighted by Gasteiger charge is -2.29. The Morgan fingerprint density at radius 3 is 2.67 bits per heavy atom. The largest absolute Gasteiger partial charge is 0.198 e. The summed E-state index contributed by atoms with van der Waals surface area (Å²) in [5, 5.41) is 8.70. The van der Waals surface area contributed by atoms with E-state index in [-0.39, 0.29) is 5.92 Å². The molecule has 0 N–H and O–H groups in total. The van der Waals surface area contributed by atoms with E-state index >= 15 is 0 Å². The molecule has 0 heterocycles. The van der Waals surface area contributed by atoms with Gasteiger partial charge >= 0.3 is 0 Å². The molecule has 1 nitrogen and oxygen atoms in total. The molecule has 3 unspecified atom stereocenters. The third-order valence-electron chi connectivity index (χ3n) is 3.17. The van der Waals surface area contributed by atoms with Crippen LogP contribution < -0.4 is 0 Å². The molecule has 3 atom stereocenters. The minimum Gasteiger partial charge on any atom is -0.198 e. The van der Waals surface area contributed by atoms with Gasteiger partial charge in [0.05, 0.1) is 6.07 Å². The molecule has 0 bridgehead atoms. The SMILES string of the molecule is CC(C#N)CC1CCCCC1C. The third-order valence-corrected chi connectivity index (χ3v) is 3.17. The summed E-state index contributed by atoms with van der Waals surface area (Å²) in [6.45, 7) is 4.38. The summed E-state index contributed by atoms with van der Waals surface area (Å²) in [5.74, 6) is 1.94. The molecule has 0 radical (unpaired) electrons. The molecule has 0 spiro atoms. The lowest BCUT2D eigenvalue weighted by molar-refractivity contribution is 0.228. The summed E-state index contributed by atoms with van der Waals surface area (Å²) in [5.41, 5.74) is 0. The summed E-state index contributed by atoms with van der Waals surface area (Å²) in [6, 6.07) is 2.33. The maximum Gasteiger partial charge on any atom is 0.0652 e. The Hall–Kier alpha value is -0.510. The second kappa shape index (κ2) is 4.50. The van der Waals surface area contributed by atoms with Gasteiger partial charge in [-0.25, -0.2) is 0 Å². The van der Waals surface area contributed by atoms with E-state index in [1.54, 1.807) is 0 Å². The van der Waals surface area contributed by atoms with Gasteiger partial charge in [0.2, 0.25) is 0 Å². The summed E-state index contributed by atoms with van der Waals surface area (Å²) in [4.78, 5) is 0. The number of nitrogens with zero attached hydrogens (tertiary/aromatic N) is 1. The standard InChI is InChI=1S/C11H19N/c1-9(8-12)7-11-6-4-3-5-10(11)2/h9-11H,3-7H2,1-2H3. The molecule has 1 fully saturated rings. The number of hydrogen-bond donors (Lipinski definition) is 0. The lowest BCUT2D eigenvalue weighted by Crippen LogP contribution is -2.18. The van der Waals surface area contributed by atoms with E-state index in [1.807, 2.05) is 6.92 Å². The first-order valence-corrected chi connectivity index (χ1v) is 5.13. The lowest BCUT2D eigenvalue weighted by atomic mass is 9.76. The van der Waals surface area contributed by atoms with Crippen molar-refractivity contribution in [3.05, 3.63) is 0 Å². The highest BCUT2D eigenvalue weighted by Gasteiger charge is 2.22. The van der Waals surface area contributed by atoms with Crippen LogP contribution in [-0.2, 0) is 0 Å². The molecule has 0 amide bonds. The monoisotopic (exact) mass is 165 g/mol. The summed E-state index contributed by atoms with van der Waals surface area (Å²) in [6.07, 6.45) is 6.64. The highest BCUT2D eigenvalue weighted by molar-refractivity contribution is 4.83. The summed E-state index contributed by atoms with van der Waals surface area (Å²) < 4.78 is 0. The second-order valence-corrected chi connectivity index (χ2v) is 4.29. The Morgan fingerprint density at radius 2 is 2.08 bits per heavy atom. The highest BCUT2D eigenvalue weighted by atomic mass is 14.3. The van der Waals surface area contributed by atoms with E-state index in [4.69, 9.17) is 5.26 Å². The zero-order valence-corrected chi connectivity index (χ0v) is 8.21. The average Bonchev–Trinajstić information content (AvgIpc) is 2.09. The van der Waals surface area contributed by atoms with Gasteiger partial charge in [-0.2, -0.15) is 5.26 Å². The van der Waals surface area contributed by atoms with Gasteiger partial charge in [0, 0.05) is 5.92 Å². The van der Waals surface area contributed by atoms with Gasteiger partial charge in [0.1, 0.15) is 0 Å². The van der Waals surface area contributed by atoms with Crippen LogP contribution in [0.2, 0.25) is 0 Å². The maximum absolute atomic E-state index is 8.70. The van der Waals surface area contributed by atoms with E-state index in [0.29, 0.717) is 0 Å². The van der Waals surface area contributed by atoms with E-state index in [9.17, 15) is 0 Å². The topological polar surface area (TPSA) is 23.8 Å². The van der Waals surface area contributed by atoms with Crippen LogP contribution in [0.3, 0.4) is 0 Å². The molecule has 1 rings (SSSR count). The van der Waals surface area contributed by atoms with Crippen molar-refractivity contribution >= 4 is 0 Å². The molecule has 1 heteroatoms. The summed E-state index contributed by atoms with van der Waals surface area (Å²) in [7, 11) is 0. The molecule has 1 aliphatic carbocycles. The van der Waals surface area contributed by atoms with E-state index in [2.05, 4.69) is 13.0 Å². The average molecular weight is 165 g/mol. The first-order chi connectivity index (χ1) is 5.74. The first-order valence-electron chi connectivity index (χ1n) is 5.13. The van der Waals surface area contributed by atoms with Gasteiger partial charge in [0.15, 0.2) is 0 Å². The smallest absolute Gasteiger partial charge is 0.0652 e. The molecule has 0 aromatic rings.